The van der Waals surface area contributed by atoms with E-state index in [0.29, 0.717) is 29.2 Å². The fourth-order valence-corrected chi connectivity index (χ4v) is 2.87. The van der Waals surface area contributed by atoms with Crippen LogP contribution in [0.4, 0.5) is 10.6 Å². The minimum atomic E-state index is -0.848. The Morgan fingerprint density at radius 1 is 1.25 bits per heavy atom. The fraction of sp³-hybridized carbons (Fsp3) is 0.333. The molecule has 1 unspecified atom stereocenters. The summed E-state index contributed by atoms with van der Waals surface area (Å²) in [5, 5.41) is 7.47. The van der Waals surface area contributed by atoms with Gasteiger partial charge in [0.05, 0.1) is 6.54 Å². The van der Waals surface area contributed by atoms with Gasteiger partial charge < -0.3 is 20.0 Å². The number of aromatic nitrogens is 1. The van der Waals surface area contributed by atoms with Crippen molar-refractivity contribution in [3.05, 3.63) is 24.0 Å². The smallest absolute Gasteiger partial charge is 0.322 e. The molecule has 0 bridgehead atoms. The Balaban J connectivity index is 1.65. The van der Waals surface area contributed by atoms with E-state index in [0.717, 1.165) is 13.0 Å². The molecule has 0 spiro atoms. The highest BCUT2D eigenvalue weighted by Gasteiger charge is 2.33. The number of nitrogens with one attached hydrogen (secondary N) is 3. The first-order chi connectivity index (χ1) is 11.6. The zero-order chi connectivity index (χ0) is 16.7. The van der Waals surface area contributed by atoms with Gasteiger partial charge in [0.25, 0.3) is 5.91 Å². The van der Waals surface area contributed by atoms with Gasteiger partial charge in [-0.1, -0.05) is 0 Å². The molecule has 4 rings (SSSR count). The summed E-state index contributed by atoms with van der Waals surface area (Å²) >= 11 is 0. The molecule has 2 aliphatic heterocycles. The topological polar surface area (TPSA) is 117 Å². The van der Waals surface area contributed by atoms with Crippen molar-refractivity contribution in [3.8, 4) is 0 Å². The first kappa shape index (κ1) is 14.5. The van der Waals surface area contributed by atoms with Crippen LogP contribution in [-0.4, -0.2) is 42.5 Å². The van der Waals surface area contributed by atoms with Gasteiger partial charge in [-0.15, -0.1) is 0 Å². The number of rotatable bonds is 2. The lowest BCUT2D eigenvalue weighted by Gasteiger charge is -2.19. The number of fused-ring (bicyclic) bond motifs is 1. The summed E-state index contributed by atoms with van der Waals surface area (Å²) in [5.74, 6) is 0.509. The Labute approximate surface area is 136 Å². The minimum absolute atomic E-state index is 0.0346. The highest BCUT2D eigenvalue weighted by molar-refractivity contribution is 6.04. The predicted octanol–water partition coefficient (Wildman–Crippen LogP) is 0.0346. The number of carbonyl (C=O) groups excluding carboxylic acids is 3. The zero-order valence-electron chi connectivity index (χ0n) is 12.7. The molecule has 0 aliphatic carbocycles. The monoisotopic (exact) mass is 329 g/mol. The van der Waals surface area contributed by atoms with E-state index in [1.165, 1.54) is 0 Å². The summed E-state index contributed by atoms with van der Waals surface area (Å²) in [6.07, 6.45) is 0.844. The van der Waals surface area contributed by atoms with Gasteiger partial charge in [-0.25, -0.2) is 9.78 Å². The van der Waals surface area contributed by atoms with Crippen LogP contribution in [0, 0.1) is 0 Å². The molecule has 24 heavy (non-hydrogen) atoms. The Kier molecular flexibility index (Phi) is 3.33. The number of hydrogen-bond donors (Lipinski definition) is 3. The normalized spacial score (nSPS) is 21.4. The van der Waals surface area contributed by atoms with Gasteiger partial charge in [0, 0.05) is 19.2 Å². The Hall–Kier alpha value is -3.10. The molecule has 4 heterocycles. The largest absolute Gasteiger partial charge is 0.457 e. The molecule has 2 aliphatic rings. The second-order valence-corrected chi connectivity index (χ2v) is 5.72. The average Bonchev–Trinajstić information content (AvgIpc) is 3.04. The molecule has 124 valence electrons. The van der Waals surface area contributed by atoms with Crippen LogP contribution in [-0.2, 0) is 9.59 Å². The number of imide groups is 1. The Bertz CT molecular complexity index is 846. The molecular formula is C15H15N5O4. The van der Waals surface area contributed by atoms with Crippen LogP contribution in [0.15, 0.2) is 22.6 Å². The van der Waals surface area contributed by atoms with Gasteiger partial charge in [-0.05, 0) is 18.6 Å². The third kappa shape index (κ3) is 2.53. The number of carbonyl (C=O) groups is 3. The minimum Gasteiger partial charge on any atom is -0.457 e. The van der Waals surface area contributed by atoms with Crippen LogP contribution in [0.5, 0.6) is 0 Å². The Morgan fingerprint density at radius 2 is 2.12 bits per heavy atom. The Morgan fingerprint density at radius 3 is 2.92 bits per heavy atom. The summed E-state index contributed by atoms with van der Waals surface area (Å²) in [5.41, 5.74) is 1.09. The van der Waals surface area contributed by atoms with Crippen LogP contribution >= 0.6 is 0 Å². The number of furan rings is 1. The lowest BCUT2D eigenvalue weighted by atomic mass is 10.2. The van der Waals surface area contributed by atoms with Crippen molar-refractivity contribution < 1.29 is 18.8 Å². The van der Waals surface area contributed by atoms with Crippen LogP contribution in [0.3, 0.4) is 0 Å². The maximum atomic E-state index is 11.7. The summed E-state index contributed by atoms with van der Waals surface area (Å²) < 4.78 is 5.62. The number of hydrogen-bond acceptors (Lipinski definition) is 6. The average molecular weight is 329 g/mol. The molecule has 1 atom stereocenters. The van der Waals surface area contributed by atoms with Crippen molar-refractivity contribution in [2.75, 3.05) is 24.5 Å². The molecule has 2 saturated heterocycles. The van der Waals surface area contributed by atoms with Crippen LogP contribution in [0.1, 0.15) is 18.2 Å². The maximum Gasteiger partial charge on any atom is 0.322 e. The third-order valence-electron chi connectivity index (χ3n) is 4.02. The molecule has 2 fully saturated rings. The second kappa shape index (κ2) is 5.52. The van der Waals surface area contributed by atoms with Gasteiger partial charge in [0.1, 0.15) is 17.1 Å². The van der Waals surface area contributed by atoms with E-state index in [-0.39, 0.29) is 12.5 Å². The summed E-state index contributed by atoms with van der Waals surface area (Å²) in [6, 6.07) is 3.76. The molecule has 9 heteroatoms. The first-order valence-electron chi connectivity index (χ1n) is 7.64. The number of pyridine rings is 1. The van der Waals surface area contributed by atoms with E-state index >= 15 is 0 Å². The van der Waals surface area contributed by atoms with Gasteiger partial charge in [0.2, 0.25) is 5.91 Å². The first-order valence-corrected chi connectivity index (χ1v) is 7.64. The quantitative estimate of drug-likeness (QED) is 0.670. The van der Waals surface area contributed by atoms with Crippen molar-refractivity contribution in [1.29, 1.82) is 0 Å². The lowest BCUT2D eigenvalue weighted by molar-refractivity contribution is -0.121. The maximum absolute atomic E-state index is 11.7. The molecule has 2 aromatic heterocycles. The molecule has 3 N–H and O–H groups in total. The number of urea groups is 1. The number of nitrogens with zero attached hydrogens (tertiary/aromatic N) is 2. The molecule has 0 aromatic carbocycles. The predicted molar refractivity (Wildman–Crippen MR) is 83.3 cm³/mol. The van der Waals surface area contributed by atoms with Crippen LogP contribution in [0.25, 0.3) is 11.1 Å². The fourth-order valence-electron chi connectivity index (χ4n) is 2.87. The van der Waals surface area contributed by atoms with E-state index in [1.807, 2.05) is 4.90 Å². The van der Waals surface area contributed by atoms with Crippen molar-refractivity contribution in [3.63, 3.8) is 0 Å². The highest BCUT2D eigenvalue weighted by Crippen LogP contribution is 2.26. The molecule has 0 radical (unpaired) electrons. The van der Waals surface area contributed by atoms with E-state index in [2.05, 4.69) is 20.9 Å². The lowest BCUT2D eigenvalue weighted by Crippen LogP contribution is -2.33. The van der Waals surface area contributed by atoms with Gasteiger partial charge in [-0.3, -0.25) is 14.9 Å². The van der Waals surface area contributed by atoms with Crippen LogP contribution in [0.2, 0.25) is 0 Å². The summed E-state index contributed by atoms with van der Waals surface area (Å²) in [7, 11) is 0. The van der Waals surface area contributed by atoms with E-state index < -0.39 is 18.0 Å². The summed E-state index contributed by atoms with van der Waals surface area (Å²) in [4.78, 5) is 41.1. The van der Waals surface area contributed by atoms with Gasteiger partial charge in [-0.2, -0.15) is 0 Å². The van der Waals surface area contributed by atoms with Crippen molar-refractivity contribution >= 4 is 34.8 Å². The molecular weight excluding hydrogens is 314 g/mol. The second-order valence-electron chi connectivity index (χ2n) is 5.72. The summed E-state index contributed by atoms with van der Waals surface area (Å²) in [6.45, 7) is 1.64. The SMILES string of the molecule is O=C1CN(c2ccc3oc(C4NC(=O)NC4=O)cc3n2)CCCN1. The zero-order valence-corrected chi connectivity index (χ0v) is 12.7. The van der Waals surface area contributed by atoms with E-state index in [1.54, 1.807) is 18.2 Å². The van der Waals surface area contributed by atoms with Crippen molar-refractivity contribution in [2.24, 2.45) is 0 Å². The standard InChI is InChI=1S/C15H15N5O4/c21-12-7-20(5-1-4-16-12)11-3-2-9-8(17-11)6-10(24-9)13-14(22)19-15(23)18-13/h2-3,6,13H,1,4-5,7H2,(H,16,21)(H2,18,19,22,23). The number of amides is 4. The third-order valence-corrected chi connectivity index (χ3v) is 4.02. The van der Waals surface area contributed by atoms with Crippen molar-refractivity contribution in [2.45, 2.75) is 12.5 Å². The van der Waals surface area contributed by atoms with Gasteiger partial charge in [0.15, 0.2) is 11.6 Å². The van der Waals surface area contributed by atoms with Crippen molar-refractivity contribution in [1.82, 2.24) is 20.9 Å². The molecule has 9 nitrogen and oxygen atoms in total. The number of anilines is 1. The molecule has 2 aromatic rings. The van der Waals surface area contributed by atoms with E-state index in [4.69, 9.17) is 4.42 Å². The van der Waals surface area contributed by atoms with E-state index in [9.17, 15) is 14.4 Å². The molecule has 4 amide bonds. The van der Waals surface area contributed by atoms with Crippen LogP contribution < -0.4 is 20.9 Å². The molecule has 0 saturated carbocycles. The highest BCUT2D eigenvalue weighted by atomic mass is 16.3. The van der Waals surface area contributed by atoms with Gasteiger partial charge >= 0.3 is 6.03 Å².